The molecule has 6 nitrogen and oxygen atoms in total. The molecule has 0 aliphatic carbocycles. The van der Waals surface area contributed by atoms with Gasteiger partial charge in [-0.05, 0) is 28.1 Å². The highest BCUT2D eigenvalue weighted by Crippen LogP contribution is 2.38. The van der Waals surface area contributed by atoms with Crippen molar-refractivity contribution in [3.63, 3.8) is 0 Å². The molecule has 0 saturated heterocycles. The van der Waals surface area contributed by atoms with Gasteiger partial charge in [0.1, 0.15) is 12.4 Å². The van der Waals surface area contributed by atoms with Gasteiger partial charge in [-0.3, -0.25) is 10.1 Å². The van der Waals surface area contributed by atoms with Crippen molar-refractivity contribution in [2.45, 2.75) is 6.61 Å². The SMILES string of the molecule is Nc1ccc(COc2c(Br)cc(Cl)cc2[N+](=O)[O-])cn1. The Kier molecular flexibility index (Phi) is 4.41. The van der Waals surface area contributed by atoms with E-state index in [-0.39, 0.29) is 23.1 Å². The zero-order chi connectivity index (χ0) is 14.7. The summed E-state index contributed by atoms with van der Waals surface area (Å²) in [6.07, 6.45) is 1.55. The molecule has 2 aromatic rings. The molecular formula is C12H9BrClN3O3. The largest absolute Gasteiger partial charge is 0.481 e. The second-order valence-electron chi connectivity index (χ2n) is 3.87. The Morgan fingerprint density at radius 3 is 2.80 bits per heavy atom. The zero-order valence-electron chi connectivity index (χ0n) is 10.0. The molecule has 104 valence electrons. The van der Waals surface area contributed by atoms with Crippen molar-refractivity contribution < 1.29 is 9.66 Å². The van der Waals surface area contributed by atoms with Gasteiger partial charge in [-0.1, -0.05) is 17.7 Å². The fraction of sp³-hybridized carbons (Fsp3) is 0.0833. The minimum Gasteiger partial charge on any atom is -0.481 e. The molecule has 1 heterocycles. The number of rotatable bonds is 4. The van der Waals surface area contributed by atoms with Gasteiger partial charge in [0.15, 0.2) is 0 Å². The van der Waals surface area contributed by atoms with Gasteiger partial charge in [0.25, 0.3) is 0 Å². The van der Waals surface area contributed by atoms with Crippen molar-refractivity contribution >= 4 is 39.0 Å². The lowest BCUT2D eigenvalue weighted by molar-refractivity contribution is -0.386. The molecule has 0 saturated carbocycles. The number of nitro benzene ring substituents is 1. The Hall–Kier alpha value is -1.86. The number of hydrogen-bond acceptors (Lipinski definition) is 5. The molecule has 0 radical (unpaired) electrons. The van der Waals surface area contributed by atoms with Gasteiger partial charge in [-0.15, -0.1) is 0 Å². The van der Waals surface area contributed by atoms with E-state index in [4.69, 9.17) is 22.1 Å². The van der Waals surface area contributed by atoms with Crippen molar-refractivity contribution in [1.29, 1.82) is 0 Å². The van der Waals surface area contributed by atoms with Gasteiger partial charge in [0.2, 0.25) is 5.75 Å². The summed E-state index contributed by atoms with van der Waals surface area (Å²) in [6, 6.07) is 6.13. The van der Waals surface area contributed by atoms with E-state index in [2.05, 4.69) is 20.9 Å². The zero-order valence-corrected chi connectivity index (χ0v) is 12.4. The number of nitro groups is 1. The van der Waals surface area contributed by atoms with Crippen molar-refractivity contribution in [1.82, 2.24) is 4.98 Å². The maximum Gasteiger partial charge on any atom is 0.313 e. The third-order valence-corrected chi connectivity index (χ3v) is 3.22. The average molecular weight is 359 g/mol. The van der Waals surface area contributed by atoms with Crippen LogP contribution in [0.5, 0.6) is 5.75 Å². The first-order valence-electron chi connectivity index (χ1n) is 5.44. The number of nitrogen functional groups attached to an aromatic ring is 1. The normalized spacial score (nSPS) is 10.3. The minimum absolute atomic E-state index is 0.122. The second kappa shape index (κ2) is 6.06. The van der Waals surface area contributed by atoms with Crippen molar-refractivity contribution in [3.05, 3.63) is 55.6 Å². The van der Waals surface area contributed by atoms with E-state index in [0.717, 1.165) is 5.56 Å². The molecule has 20 heavy (non-hydrogen) atoms. The second-order valence-corrected chi connectivity index (χ2v) is 5.16. The number of hydrogen-bond donors (Lipinski definition) is 1. The summed E-state index contributed by atoms with van der Waals surface area (Å²) in [6.45, 7) is 0.133. The number of pyridine rings is 1. The Balaban J connectivity index is 2.24. The van der Waals surface area contributed by atoms with Gasteiger partial charge < -0.3 is 10.5 Å². The van der Waals surface area contributed by atoms with E-state index >= 15 is 0 Å². The van der Waals surface area contributed by atoms with Gasteiger partial charge in [0, 0.05) is 22.8 Å². The van der Waals surface area contributed by atoms with Gasteiger partial charge in [-0.2, -0.15) is 0 Å². The molecular weight excluding hydrogens is 350 g/mol. The summed E-state index contributed by atoms with van der Waals surface area (Å²) >= 11 is 8.99. The summed E-state index contributed by atoms with van der Waals surface area (Å²) in [5.41, 5.74) is 6.02. The molecule has 2 N–H and O–H groups in total. The number of benzene rings is 1. The monoisotopic (exact) mass is 357 g/mol. The van der Waals surface area contributed by atoms with Crippen molar-refractivity contribution in [2.75, 3.05) is 5.73 Å². The van der Waals surface area contributed by atoms with E-state index in [9.17, 15) is 10.1 Å². The van der Waals surface area contributed by atoms with Crippen LogP contribution in [0.15, 0.2) is 34.9 Å². The quantitative estimate of drug-likeness (QED) is 0.666. The Bertz CT molecular complexity index is 649. The smallest absolute Gasteiger partial charge is 0.313 e. The van der Waals surface area contributed by atoms with Gasteiger partial charge in [0.05, 0.1) is 9.40 Å². The molecule has 0 atom stereocenters. The Labute approximate surface area is 127 Å². The van der Waals surface area contributed by atoms with Crippen molar-refractivity contribution in [3.8, 4) is 5.75 Å². The van der Waals surface area contributed by atoms with Crippen LogP contribution in [0.2, 0.25) is 5.02 Å². The highest BCUT2D eigenvalue weighted by molar-refractivity contribution is 9.10. The first-order valence-corrected chi connectivity index (χ1v) is 6.61. The van der Waals surface area contributed by atoms with E-state index in [1.54, 1.807) is 18.3 Å². The van der Waals surface area contributed by atoms with Crippen LogP contribution in [0.1, 0.15) is 5.56 Å². The number of halogens is 2. The van der Waals surface area contributed by atoms with Crippen LogP contribution in [-0.4, -0.2) is 9.91 Å². The summed E-state index contributed by atoms with van der Waals surface area (Å²) in [5, 5.41) is 11.3. The highest BCUT2D eigenvalue weighted by Gasteiger charge is 2.20. The number of nitrogens with two attached hydrogens (primary N) is 1. The lowest BCUT2D eigenvalue weighted by Gasteiger charge is -2.09. The number of anilines is 1. The van der Waals surface area contributed by atoms with Crippen LogP contribution in [0.25, 0.3) is 0 Å². The Morgan fingerprint density at radius 1 is 1.45 bits per heavy atom. The molecule has 2 rings (SSSR count). The topological polar surface area (TPSA) is 91.3 Å². The fourth-order valence-electron chi connectivity index (χ4n) is 1.50. The fourth-order valence-corrected chi connectivity index (χ4v) is 2.41. The van der Waals surface area contributed by atoms with E-state index in [1.807, 2.05) is 0 Å². The van der Waals surface area contributed by atoms with Crippen LogP contribution in [-0.2, 0) is 6.61 Å². The lowest BCUT2D eigenvalue weighted by atomic mass is 10.3. The van der Waals surface area contributed by atoms with E-state index in [0.29, 0.717) is 10.3 Å². The molecule has 1 aromatic heterocycles. The highest BCUT2D eigenvalue weighted by atomic mass is 79.9. The molecule has 0 amide bonds. The third kappa shape index (κ3) is 3.37. The number of ether oxygens (including phenoxy) is 1. The van der Waals surface area contributed by atoms with Crippen LogP contribution in [0.3, 0.4) is 0 Å². The summed E-state index contributed by atoms with van der Waals surface area (Å²) < 4.78 is 5.90. The van der Waals surface area contributed by atoms with Crippen LogP contribution < -0.4 is 10.5 Å². The number of aromatic nitrogens is 1. The maximum atomic E-state index is 11.0. The van der Waals surface area contributed by atoms with Gasteiger partial charge >= 0.3 is 5.69 Å². The van der Waals surface area contributed by atoms with Crippen LogP contribution in [0.4, 0.5) is 11.5 Å². The molecule has 0 aliphatic heterocycles. The van der Waals surface area contributed by atoms with E-state index < -0.39 is 4.92 Å². The van der Waals surface area contributed by atoms with E-state index in [1.165, 1.54) is 12.1 Å². The maximum absolute atomic E-state index is 11.0. The standard InChI is InChI=1S/C12H9BrClN3O3/c13-9-3-8(14)4-10(17(18)19)12(9)20-6-7-1-2-11(15)16-5-7/h1-5H,6H2,(H2,15,16). The van der Waals surface area contributed by atoms with Crippen LogP contribution >= 0.6 is 27.5 Å². The Morgan fingerprint density at radius 2 is 2.20 bits per heavy atom. The molecule has 1 aromatic carbocycles. The molecule has 0 spiro atoms. The average Bonchev–Trinajstić information content (AvgIpc) is 2.38. The first-order chi connectivity index (χ1) is 9.47. The summed E-state index contributed by atoms with van der Waals surface area (Å²) in [7, 11) is 0. The summed E-state index contributed by atoms with van der Waals surface area (Å²) in [4.78, 5) is 14.4. The summed E-state index contributed by atoms with van der Waals surface area (Å²) in [5.74, 6) is 0.517. The predicted molar refractivity (Wildman–Crippen MR) is 78.8 cm³/mol. The first kappa shape index (κ1) is 14.5. The van der Waals surface area contributed by atoms with Gasteiger partial charge in [-0.25, -0.2) is 4.98 Å². The molecule has 0 unspecified atom stereocenters. The molecule has 0 aliphatic rings. The van der Waals surface area contributed by atoms with Crippen LogP contribution in [0, 0.1) is 10.1 Å². The molecule has 8 heteroatoms. The molecule has 0 bridgehead atoms. The lowest BCUT2D eigenvalue weighted by Crippen LogP contribution is -2.01. The predicted octanol–water partition coefficient (Wildman–Crippen LogP) is 3.57. The number of nitrogens with zero attached hydrogens (tertiary/aromatic N) is 2. The third-order valence-electron chi connectivity index (χ3n) is 2.42. The minimum atomic E-state index is -0.548. The van der Waals surface area contributed by atoms with Crippen molar-refractivity contribution in [2.24, 2.45) is 0 Å². The molecule has 0 fully saturated rings.